The van der Waals surface area contributed by atoms with Gasteiger partial charge in [0.1, 0.15) is 0 Å². The maximum atomic E-state index is 12.2. The standard InChI is InChI=1S/C7H7F5O3/c1-4(13)5(14)15-3-2-6(8,9)7(10,11)12/h2-3H2,1H3. The summed E-state index contributed by atoms with van der Waals surface area (Å²) < 4.78 is 62.9. The second-order valence-corrected chi connectivity index (χ2v) is 2.64. The molecule has 0 aromatic rings. The minimum absolute atomic E-state index is 0.810. The third-order valence-corrected chi connectivity index (χ3v) is 1.35. The fourth-order valence-corrected chi connectivity index (χ4v) is 0.515. The first-order chi connectivity index (χ1) is 6.58. The van der Waals surface area contributed by atoms with Crippen LogP contribution in [0.4, 0.5) is 22.0 Å². The Morgan fingerprint density at radius 2 is 1.60 bits per heavy atom. The molecule has 0 aliphatic rings. The number of Topliss-reactive ketones (excluding diaryl/α,β-unsaturated/α-hetero) is 1. The van der Waals surface area contributed by atoms with Gasteiger partial charge < -0.3 is 4.74 Å². The first-order valence-electron chi connectivity index (χ1n) is 3.70. The molecule has 0 aromatic heterocycles. The number of hydrogen-bond donors (Lipinski definition) is 0. The van der Waals surface area contributed by atoms with Crippen molar-refractivity contribution >= 4 is 11.8 Å². The summed E-state index contributed by atoms with van der Waals surface area (Å²) in [5, 5.41) is 0. The molecule has 3 nitrogen and oxygen atoms in total. The van der Waals surface area contributed by atoms with E-state index in [0.717, 1.165) is 6.92 Å². The van der Waals surface area contributed by atoms with Crippen molar-refractivity contribution in [2.45, 2.75) is 25.4 Å². The van der Waals surface area contributed by atoms with Crippen molar-refractivity contribution in [1.29, 1.82) is 0 Å². The average molecular weight is 234 g/mol. The highest BCUT2D eigenvalue weighted by molar-refractivity contribution is 6.32. The third kappa shape index (κ3) is 4.22. The molecule has 0 aliphatic heterocycles. The fourth-order valence-electron chi connectivity index (χ4n) is 0.515. The van der Waals surface area contributed by atoms with E-state index in [-0.39, 0.29) is 0 Å². The lowest BCUT2D eigenvalue weighted by molar-refractivity contribution is -0.286. The summed E-state index contributed by atoms with van der Waals surface area (Å²) in [7, 11) is 0. The summed E-state index contributed by atoms with van der Waals surface area (Å²) in [6.45, 7) is -0.352. The van der Waals surface area contributed by atoms with E-state index in [1.165, 1.54) is 0 Å². The Labute approximate surface area is 81.2 Å². The molecule has 88 valence electrons. The number of alkyl halides is 5. The lowest BCUT2D eigenvalue weighted by Crippen LogP contribution is -2.37. The Morgan fingerprint density at radius 3 is 1.93 bits per heavy atom. The molecule has 0 radical (unpaired) electrons. The Balaban J connectivity index is 4.07. The van der Waals surface area contributed by atoms with Gasteiger partial charge in [0.2, 0.25) is 5.78 Å². The van der Waals surface area contributed by atoms with Crippen molar-refractivity contribution in [3.63, 3.8) is 0 Å². The maximum Gasteiger partial charge on any atom is 0.453 e. The molecule has 0 N–H and O–H groups in total. The van der Waals surface area contributed by atoms with E-state index >= 15 is 0 Å². The second kappa shape index (κ2) is 4.54. The second-order valence-electron chi connectivity index (χ2n) is 2.64. The molecule has 15 heavy (non-hydrogen) atoms. The van der Waals surface area contributed by atoms with Gasteiger partial charge in [-0.05, 0) is 0 Å². The number of rotatable bonds is 4. The van der Waals surface area contributed by atoms with Crippen LogP contribution in [0.15, 0.2) is 0 Å². The number of esters is 1. The predicted molar refractivity (Wildman–Crippen MR) is 37.3 cm³/mol. The molecule has 0 saturated carbocycles. The van der Waals surface area contributed by atoms with Crippen molar-refractivity contribution in [3.05, 3.63) is 0 Å². The van der Waals surface area contributed by atoms with Gasteiger partial charge in [0.05, 0.1) is 13.0 Å². The van der Waals surface area contributed by atoms with Gasteiger partial charge in [0.15, 0.2) is 0 Å². The van der Waals surface area contributed by atoms with Crippen LogP contribution in [-0.4, -0.2) is 30.5 Å². The Hall–Kier alpha value is -1.21. The molecule has 0 aromatic carbocycles. The molecule has 0 heterocycles. The lowest BCUT2D eigenvalue weighted by Gasteiger charge is -2.18. The SMILES string of the molecule is CC(=O)C(=O)OCCC(F)(F)C(F)(F)F. The molecule has 0 rings (SSSR count). The van der Waals surface area contributed by atoms with Crippen LogP contribution >= 0.6 is 0 Å². The molecule has 0 fully saturated rings. The fraction of sp³-hybridized carbons (Fsp3) is 0.714. The maximum absolute atomic E-state index is 12.2. The highest BCUT2D eigenvalue weighted by Crippen LogP contribution is 2.37. The molecule has 0 spiro atoms. The number of carbonyl (C=O) groups excluding carboxylic acids is 2. The number of hydrogen-bond acceptors (Lipinski definition) is 3. The van der Waals surface area contributed by atoms with E-state index < -0.39 is 36.9 Å². The molecule has 8 heteroatoms. The van der Waals surface area contributed by atoms with Gasteiger partial charge in [-0.1, -0.05) is 0 Å². The molecule has 0 unspecified atom stereocenters. The molecule has 0 saturated heterocycles. The van der Waals surface area contributed by atoms with Crippen LogP contribution in [0.25, 0.3) is 0 Å². The van der Waals surface area contributed by atoms with E-state index in [1.54, 1.807) is 0 Å². The van der Waals surface area contributed by atoms with Crippen LogP contribution in [0.3, 0.4) is 0 Å². The van der Waals surface area contributed by atoms with Gasteiger partial charge in [-0.3, -0.25) is 4.79 Å². The summed E-state index contributed by atoms with van der Waals surface area (Å²) in [6.07, 6.45) is -7.38. The molecule has 0 amide bonds. The summed E-state index contributed by atoms with van der Waals surface area (Å²) in [6, 6.07) is 0. The zero-order chi connectivity index (χ0) is 12.3. The van der Waals surface area contributed by atoms with Gasteiger partial charge >= 0.3 is 18.1 Å². The van der Waals surface area contributed by atoms with Crippen molar-refractivity contribution in [2.75, 3.05) is 6.61 Å². The molecule has 0 atom stereocenters. The average Bonchev–Trinajstić information content (AvgIpc) is 2.01. The van der Waals surface area contributed by atoms with E-state index in [4.69, 9.17) is 0 Å². The molecular weight excluding hydrogens is 227 g/mol. The van der Waals surface area contributed by atoms with Crippen LogP contribution < -0.4 is 0 Å². The highest BCUT2D eigenvalue weighted by atomic mass is 19.4. The van der Waals surface area contributed by atoms with Gasteiger partial charge in [-0.25, -0.2) is 4.79 Å². The molecule has 0 bridgehead atoms. The van der Waals surface area contributed by atoms with Crippen LogP contribution in [0, 0.1) is 0 Å². The van der Waals surface area contributed by atoms with Crippen LogP contribution in [0.1, 0.15) is 13.3 Å². The number of carbonyl (C=O) groups is 2. The Bertz CT molecular complexity index is 258. The number of ether oxygens (including phenoxy) is 1. The predicted octanol–water partition coefficient (Wildman–Crippen LogP) is 1.71. The van der Waals surface area contributed by atoms with Crippen molar-refractivity contribution in [2.24, 2.45) is 0 Å². The van der Waals surface area contributed by atoms with Crippen molar-refractivity contribution in [3.8, 4) is 0 Å². The zero-order valence-electron chi connectivity index (χ0n) is 7.53. The quantitative estimate of drug-likeness (QED) is 0.422. The van der Waals surface area contributed by atoms with E-state index in [0.29, 0.717) is 0 Å². The monoisotopic (exact) mass is 234 g/mol. The van der Waals surface area contributed by atoms with Gasteiger partial charge in [-0.15, -0.1) is 0 Å². The first kappa shape index (κ1) is 13.8. The van der Waals surface area contributed by atoms with E-state index in [1.807, 2.05) is 0 Å². The van der Waals surface area contributed by atoms with Gasteiger partial charge in [0, 0.05) is 6.92 Å². The largest absolute Gasteiger partial charge is 0.460 e. The van der Waals surface area contributed by atoms with Crippen LogP contribution in [-0.2, 0) is 14.3 Å². The Kier molecular flexibility index (Phi) is 4.17. The van der Waals surface area contributed by atoms with Crippen LogP contribution in [0.5, 0.6) is 0 Å². The summed E-state index contributed by atoms with van der Waals surface area (Å²) in [4.78, 5) is 20.6. The summed E-state index contributed by atoms with van der Waals surface area (Å²) >= 11 is 0. The topological polar surface area (TPSA) is 43.4 Å². The lowest BCUT2D eigenvalue weighted by atomic mass is 10.2. The van der Waals surface area contributed by atoms with E-state index in [9.17, 15) is 31.5 Å². The van der Waals surface area contributed by atoms with Gasteiger partial charge in [0.25, 0.3) is 0 Å². The first-order valence-corrected chi connectivity index (χ1v) is 3.70. The minimum atomic E-state index is -5.68. The molecule has 0 aliphatic carbocycles. The summed E-state index contributed by atoms with van der Waals surface area (Å²) in [5.74, 6) is -7.43. The van der Waals surface area contributed by atoms with Crippen molar-refractivity contribution < 1.29 is 36.3 Å². The zero-order valence-corrected chi connectivity index (χ0v) is 7.53. The van der Waals surface area contributed by atoms with Crippen LogP contribution in [0.2, 0.25) is 0 Å². The smallest absolute Gasteiger partial charge is 0.453 e. The minimum Gasteiger partial charge on any atom is -0.460 e. The van der Waals surface area contributed by atoms with E-state index in [2.05, 4.69) is 4.74 Å². The number of ketones is 1. The number of halogens is 5. The van der Waals surface area contributed by atoms with Crippen molar-refractivity contribution in [1.82, 2.24) is 0 Å². The summed E-state index contributed by atoms with van der Waals surface area (Å²) in [5.41, 5.74) is 0. The highest BCUT2D eigenvalue weighted by Gasteiger charge is 2.56. The molecular formula is C7H7F5O3. The Morgan fingerprint density at radius 1 is 1.13 bits per heavy atom. The van der Waals surface area contributed by atoms with Gasteiger partial charge in [-0.2, -0.15) is 22.0 Å². The third-order valence-electron chi connectivity index (χ3n) is 1.35. The normalized spacial score (nSPS) is 12.4.